The first kappa shape index (κ1) is 11.1. The van der Waals surface area contributed by atoms with Gasteiger partial charge in [-0.05, 0) is 19.4 Å². The summed E-state index contributed by atoms with van der Waals surface area (Å²) >= 11 is 0. The van der Waals surface area contributed by atoms with E-state index < -0.39 is 10.8 Å². The molecular weight excluding hydrogens is 212 g/mol. The van der Waals surface area contributed by atoms with Crippen LogP contribution in [-0.2, 0) is 15.6 Å². The lowest BCUT2D eigenvalue weighted by Crippen LogP contribution is -2.47. The average molecular weight is 230 g/mol. The molecule has 15 heavy (non-hydrogen) atoms. The SMILES string of the molecule is O=C([C@@H]1CCCNC1)N1CCS(=O)CC1. The van der Waals surface area contributed by atoms with Crippen LogP contribution in [-0.4, -0.2) is 52.7 Å². The van der Waals surface area contributed by atoms with Crippen LogP contribution < -0.4 is 5.32 Å². The van der Waals surface area contributed by atoms with E-state index in [4.69, 9.17) is 0 Å². The van der Waals surface area contributed by atoms with Crippen LogP contribution >= 0.6 is 0 Å². The fourth-order valence-electron chi connectivity index (χ4n) is 2.18. The highest BCUT2D eigenvalue weighted by Gasteiger charge is 2.27. The van der Waals surface area contributed by atoms with Crippen LogP contribution in [0.1, 0.15) is 12.8 Å². The Kier molecular flexibility index (Phi) is 3.75. The molecule has 86 valence electrons. The van der Waals surface area contributed by atoms with E-state index in [1.165, 1.54) is 0 Å². The molecule has 2 aliphatic rings. The first-order chi connectivity index (χ1) is 7.27. The molecule has 1 amide bonds. The molecule has 2 saturated heterocycles. The van der Waals surface area contributed by atoms with E-state index >= 15 is 0 Å². The molecule has 2 heterocycles. The summed E-state index contributed by atoms with van der Waals surface area (Å²) in [6, 6.07) is 0. The molecule has 0 radical (unpaired) electrons. The Bertz CT molecular complexity index is 254. The third-order valence-corrected chi connectivity index (χ3v) is 4.41. The van der Waals surface area contributed by atoms with Gasteiger partial charge in [-0.15, -0.1) is 0 Å². The van der Waals surface area contributed by atoms with Crippen LogP contribution in [0.5, 0.6) is 0 Å². The third-order valence-electron chi connectivity index (χ3n) is 3.14. The molecule has 0 aromatic rings. The molecular formula is C10H18N2O2S. The first-order valence-electron chi connectivity index (χ1n) is 5.62. The number of hydrogen-bond acceptors (Lipinski definition) is 3. The molecule has 4 nitrogen and oxygen atoms in total. The minimum Gasteiger partial charge on any atom is -0.341 e. The van der Waals surface area contributed by atoms with Gasteiger partial charge in [-0.1, -0.05) is 0 Å². The summed E-state index contributed by atoms with van der Waals surface area (Å²) in [4.78, 5) is 13.9. The maximum atomic E-state index is 12.0. The maximum absolute atomic E-state index is 12.0. The predicted molar refractivity (Wildman–Crippen MR) is 60.1 cm³/mol. The quantitative estimate of drug-likeness (QED) is 0.665. The first-order valence-corrected chi connectivity index (χ1v) is 7.10. The smallest absolute Gasteiger partial charge is 0.227 e. The topological polar surface area (TPSA) is 49.4 Å². The Hall–Kier alpha value is -0.420. The molecule has 2 rings (SSSR count). The van der Waals surface area contributed by atoms with Gasteiger partial charge in [-0.2, -0.15) is 0 Å². The zero-order valence-electron chi connectivity index (χ0n) is 8.91. The molecule has 0 unspecified atom stereocenters. The number of amides is 1. The predicted octanol–water partition coefficient (Wildman–Crippen LogP) is -0.423. The van der Waals surface area contributed by atoms with Crippen molar-refractivity contribution in [2.75, 3.05) is 37.7 Å². The van der Waals surface area contributed by atoms with E-state index in [0.717, 1.165) is 25.9 Å². The molecule has 0 bridgehead atoms. The summed E-state index contributed by atoms with van der Waals surface area (Å²) in [5.74, 6) is 1.74. The summed E-state index contributed by atoms with van der Waals surface area (Å²) < 4.78 is 11.2. The Morgan fingerprint density at radius 3 is 2.67 bits per heavy atom. The monoisotopic (exact) mass is 230 g/mol. The standard InChI is InChI=1S/C10H18N2O2S/c13-10(9-2-1-3-11-8-9)12-4-6-15(14)7-5-12/h9,11H,1-8H2/t9-/m1/s1. The van der Waals surface area contributed by atoms with Gasteiger partial charge in [0, 0.05) is 41.9 Å². The lowest BCUT2D eigenvalue weighted by Gasteiger charge is -2.31. The van der Waals surface area contributed by atoms with Crippen molar-refractivity contribution in [3.63, 3.8) is 0 Å². The number of rotatable bonds is 1. The lowest BCUT2D eigenvalue weighted by atomic mass is 9.98. The van der Waals surface area contributed by atoms with Crippen molar-refractivity contribution in [3.05, 3.63) is 0 Å². The number of nitrogens with zero attached hydrogens (tertiary/aromatic N) is 1. The molecule has 2 fully saturated rings. The summed E-state index contributed by atoms with van der Waals surface area (Å²) in [5.41, 5.74) is 0. The molecule has 0 aromatic heterocycles. The highest BCUT2D eigenvalue weighted by atomic mass is 32.2. The van der Waals surface area contributed by atoms with Crippen LogP contribution in [0.4, 0.5) is 0 Å². The molecule has 0 aromatic carbocycles. The van der Waals surface area contributed by atoms with Gasteiger partial charge in [0.2, 0.25) is 5.91 Å². The highest BCUT2D eigenvalue weighted by molar-refractivity contribution is 7.85. The normalized spacial score (nSPS) is 29.1. The Morgan fingerprint density at radius 1 is 1.33 bits per heavy atom. The molecule has 0 spiro atoms. The molecule has 0 aliphatic carbocycles. The number of piperidine rings is 1. The minimum atomic E-state index is -0.692. The van der Waals surface area contributed by atoms with Crippen molar-refractivity contribution in [2.45, 2.75) is 12.8 Å². The van der Waals surface area contributed by atoms with E-state index in [0.29, 0.717) is 24.6 Å². The van der Waals surface area contributed by atoms with Crippen LogP contribution in [0.25, 0.3) is 0 Å². The Balaban J connectivity index is 1.86. The van der Waals surface area contributed by atoms with Gasteiger partial charge in [0.05, 0.1) is 5.92 Å². The van der Waals surface area contributed by atoms with E-state index in [2.05, 4.69) is 5.32 Å². The summed E-state index contributed by atoms with van der Waals surface area (Å²) in [7, 11) is -0.692. The van der Waals surface area contributed by atoms with Crippen molar-refractivity contribution >= 4 is 16.7 Å². The molecule has 1 atom stereocenters. The highest BCUT2D eigenvalue weighted by Crippen LogP contribution is 2.14. The van der Waals surface area contributed by atoms with Gasteiger partial charge < -0.3 is 10.2 Å². The summed E-state index contributed by atoms with van der Waals surface area (Å²) in [5, 5.41) is 3.26. The zero-order valence-corrected chi connectivity index (χ0v) is 9.72. The fraction of sp³-hybridized carbons (Fsp3) is 0.900. The van der Waals surface area contributed by atoms with Crippen molar-refractivity contribution in [2.24, 2.45) is 5.92 Å². The second-order valence-electron chi connectivity index (χ2n) is 4.22. The van der Waals surface area contributed by atoms with Crippen molar-refractivity contribution in [1.82, 2.24) is 10.2 Å². The van der Waals surface area contributed by atoms with Gasteiger partial charge in [0.1, 0.15) is 0 Å². The van der Waals surface area contributed by atoms with Crippen LogP contribution in [0, 0.1) is 5.92 Å². The second-order valence-corrected chi connectivity index (χ2v) is 5.91. The third kappa shape index (κ3) is 2.78. The largest absolute Gasteiger partial charge is 0.341 e. The van der Waals surface area contributed by atoms with E-state index in [9.17, 15) is 9.00 Å². The Morgan fingerprint density at radius 2 is 2.07 bits per heavy atom. The fourth-order valence-corrected chi connectivity index (χ4v) is 3.23. The van der Waals surface area contributed by atoms with Gasteiger partial charge in [0.15, 0.2) is 0 Å². The lowest BCUT2D eigenvalue weighted by molar-refractivity contribution is -0.135. The average Bonchev–Trinajstić information content (AvgIpc) is 2.30. The van der Waals surface area contributed by atoms with Gasteiger partial charge in [-0.25, -0.2) is 0 Å². The molecule has 5 heteroatoms. The van der Waals surface area contributed by atoms with Gasteiger partial charge >= 0.3 is 0 Å². The number of hydrogen-bond donors (Lipinski definition) is 1. The molecule has 1 N–H and O–H groups in total. The summed E-state index contributed by atoms with van der Waals surface area (Å²) in [6.45, 7) is 3.22. The van der Waals surface area contributed by atoms with E-state index in [1.807, 2.05) is 4.90 Å². The molecule has 0 saturated carbocycles. The van der Waals surface area contributed by atoms with Crippen molar-refractivity contribution in [1.29, 1.82) is 0 Å². The van der Waals surface area contributed by atoms with Crippen LogP contribution in [0.15, 0.2) is 0 Å². The second kappa shape index (κ2) is 5.07. The van der Waals surface area contributed by atoms with E-state index in [-0.39, 0.29) is 11.8 Å². The van der Waals surface area contributed by atoms with Crippen LogP contribution in [0.2, 0.25) is 0 Å². The number of nitrogens with one attached hydrogen (secondary N) is 1. The zero-order chi connectivity index (χ0) is 10.7. The number of carbonyl (C=O) groups excluding carboxylic acids is 1. The summed E-state index contributed by atoms with van der Waals surface area (Å²) in [6.07, 6.45) is 2.10. The number of carbonyl (C=O) groups is 1. The Labute approximate surface area is 92.9 Å². The molecule has 2 aliphatic heterocycles. The van der Waals surface area contributed by atoms with Gasteiger partial charge in [0.25, 0.3) is 0 Å². The maximum Gasteiger partial charge on any atom is 0.227 e. The van der Waals surface area contributed by atoms with Crippen molar-refractivity contribution < 1.29 is 9.00 Å². The van der Waals surface area contributed by atoms with Crippen molar-refractivity contribution in [3.8, 4) is 0 Å². The van der Waals surface area contributed by atoms with Crippen LogP contribution in [0.3, 0.4) is 0 Å². The van der Waals surface area contributed by atoms with E-state index in [1.54, 1.807) is 0 Å². The van der Waals surface area contributed by atoms with Gasteiger partial charge in [-0.3, -0.25) is 9.00 Å². The minimum absolute atomic E-state index is 0.158.